The Hall–Kier alpha value is -1.29. The van der Waals surface area contributed by atoms with Crippen molar-refractivity contribution in [3.63, 3.8) is 0 Å². The minimum atomic E-state index is 0.294. The first kappa shape index (κ1) is 14.6. The Morgan fingerprint density at radius 3 is 2.95 bits per heavy atom. The molecule has 1 aliphatic carbocycles. The SMILES string of the molecule is CC(C)c1cc2c(NCC3CCCCC3Cl)nccn2n1. The molecule has 0 amide bonds. The molecule has 2 aromatic rings. The number of nitrogens with one attached hydrogen (secondary N) is 1. The first-order valence-corrected chi connectivity index (χ1v) is 8.31. The van der Waals surface area contributed by atoms with E-state index in [4.69, 9.17) is 11.6 Å². The number of anilines is 1. The molecular formula is C16H23ClN4. The quantitative estimate of drug-likeness (QED) is 0.866. The molecule has 4 nitrogen and oxygen atoms in total. The van der Waals surface area contributed by atoms with Crippen molar-refractivity contribution in [2.45, 2.75) is 50.8 Å². The van der Waals surface area contributed by atoms with Gasteiger partial charge in [0.1, 0.15) is 5.52 Å². The van der Waals surface area contributed by atoms with E-state index in [1.54, 1.807) is 6.20 Å². The van der Waals surface area contributed by atoms with Crippen LogP contribution in [0.5, 0.6) is 0 Å². The number of alkyl halides is 1. The molecule has 1 aliphatic rings. The third-order valence-electron chi connectivity index (χ3n) is 4.35. The predicted octanol–water partition coefficient (Wildman–Crippen LogP) is 4.06. The summed E-state index contributed by atoms with van der Waals surface area (Å²) in [7, 11) is 0. The average molecular weight is 307 g/mol. The van der Waals surface area contributed by atoms with E-state index in [1.165, 1.54) is 19.3 Å². The van der Waals surface area contributed by atoms with Gasteiger partial charge in [-0.2, -0.15) is 5.10 Å². The predicted molar refractivity (Wildman–Crippen MR) is 87.2 cm³/mol. The average Bonchev–Trinajstić information content (AvgIpc) is 2.91. The highest BCUT2D eigenvalue weighted by atomic mass is 35.5. The van der Waals surface area contributed by atoms with Crippen LogP contribution in [0.2, 0.25) is 0 Å². The molecule has 5 heteroatoms. The van der Waals surface area contributed by atoms with Crippen LogP contribution in [0.3, 0.4) is 0 Å². The molecule has 0 aliphatic heterocycles. The number of nitrogens with zero attached hydrogens (tertiary/aromatic N) is 3. The lowest BCUT2D eigenvalue weighted by Gasteiger charge is -2.27. The van der Waals surface area contributed by atoms with Crippen molar-refractivity contribution in [2.75, 3.05) is 11.9 Å². The molecular weight excluding hydrogens is 284 g/mol. The van der Waals surface area contributed by atoms with Crippen LogP contribution in [-0.4, -0.2) is 26.5 Å². The van der Waals surface area contributed by atoms with Crippen LogP contribution in [0.15, 0.2) is 18.5 Å². The summed E-state index contributed by atoms with van der Waals surface area (Å²) in [5.74, 6) is 1.87. The van der Waals surface area contributed by atoms with Crippen molar-refractivity contribution in [3.8, 4) is 0 Å². The molecule has 0 radical (unpaired) electrons. The maximum Gasteiger partial charge on any atom is 0.152 e. The van der Waals surface area contributed by atoms with Crippen molar-refractivity contribution in [2.24, 2.45) is 5.92 Å². The van der Waals surface area contributed by atoms with Crippen LogP contribution in [0, 0.1) is 5.92 Å². The molecule has 3 rings (SSSR count). The van der Waals surface area contributed by atoms with Crippen molar-refractivity contribution in [1.29, 1.82) is 0 Å². The summed E-state index contributed by atoms with van der Waals surface area (Å²) in [6, 6.07) is 2.12. The van der Waals surface area contributed by atoms with Gasteiger partial charge in [0.15, 0.2) is 5.82 Å². The summed E-state index contributed by atoms with van der Waals surface area (Å²) in [6.45, 7) is 5.20. The van der Waals surface area contributed by atoms with Gasteiger partial charge in [-0.15, -0.1) is 11.6 Å². The van der Waals surface area contributed by atoms with E-state index in [2.05, 4.69) is 35.3 Å². The minimum absolute atomic E-state index is 0.294. The van der Waals surface area contributed by atoms with Gasteiger partial charge in [0.2, 0.25) is 0 Å². The van der Waals surface area contributed by atoms with Crippen molar-refractivity contribution >= 4 is 22.9 Å². The van der Waals surface area contributed by atoms with Crippen LogP contribution in [0.25, 0.3) is 5.52 Å². The van der Waals surface area contributed by atoms with E-state index in [0.29, 0.717) is 17.2 Å². The molecule has 0 spiro atoms. The first-order chi connectivity index (χ1) is 10.1. The fraction of sp³-hybridized carbons (Fsp3) is 0.625. The Balaban J connectivity index is 1.77. The van der Waals surface area contributed by atoms with Gasteiger partial charge in [-0.05, 0) is 30.7 Å². The van der Waals surface area contributed by atoms with Gasteiger partial charge in [-0.25, -0.2) is 9.50 Å². The Morgan fingerprint density at radius 1 is 1.38 bits per heavy atom. The minimum Gasteiger partial charge on any atom is -0.368 e. The zero-order valence-electron chi connectivity index (χ0n) is 12.7. The fourth-order valence-electron chi connectivity index (χ4n) is 2.98. The molecule has 2 unspecified atom stereocenters. The van der Waals surface area contributed by atoms with Gasteiger partial charge in [-0.3, -0.25) is 0 Å². The Kier molecular flexibility index (Phi) is 4.34. The molecule has 1 N–H and O–H groups in total. The van der Waals surface area contributed by atoms with Gasteiger partial charge < -0.3 is 5.32 Å². The maximum absolute atomic E-state index is 6.43. The zero-order valence-corrected chi connectivity index (χ0v) is 13.5. The summed E-state index contributed by atoms with van der Waals surface area (Å²) in [6.07, 6.45) is 8.59. The van der Waals surface area contributed by atoms with E-state index >= 15 is 0 Å². The second-order valence-corrected chi connectivity index (χ2v) is 6.83. The highest BCUT2D eigenvalue weighted by molar-refractivity contribution is 6.20. The van der Waals surface area contributed by atoms with E-state index < -0.39 is 0 Å². The second kappa shape index (κ2) is 6.22. The van der Waals surface area contributed by atoms with Gasteiger partial charge in [-0.1, -0.05) is 26.7 Å². The smallest absolute Gasteiger partial charge is 0.152 e. The molecule has 0 saturated heterocycles. The topological polar surface area (TPSA) is 42.2 Å². The summed E-state index contributed by atoms with van der Waals surface area (Å²) < 4.78 is 1.91. The number of aromatic nitrogens is 3. The third kappa shape index (κ3) is 3.15. The molecule has 2 atom stereocenters. The molecule has 0 bridgehead atoms. The molecule has 21 heavy (non-hydrogen) atoms. The van der Waals surface area contributed by atoms with E-state index in [-0.39, 0.29) is 0 Å². The Morgan fingerprint density at radius 2 is 2.19 bits per heavy atom. The molecule has 1 saturated carbocycles. The normalized spacial score (nSPS) is 22.9. The van der Waals surface area contributed by atoms with E-state index in [1.807, 2.05) is 10.7 Å². The highest BCUT2D eigenvalue weighted by Gasteiger charge is 2.23. The summed E-state index contributed by atoms with van der Waals surface area (Å²) >= 11 is 6.43. The first-order valence-electron chi connectivity index (χ1n) is 7.87. The number of rotatable bonds is 4. The lowest BCUT2D eigenvalue weighted by molar-refractivity contribution is 0.380. The van der Waals surface area contributed by atoms with Crippen LogP contribution in [0.4, 0.5) is 5.82 Å². The van der Waals surface area contributed by atoms with Crippen LogP contribution in [-0.2, 0) is 0 Å². The van der Waals surface area contributed by atoms with Crippen LogP contribution < -0.4 is 5.32 Å². The zero-order chi connectivity index (χ0) is 14.8. The van der Waals surface area contributed by atoms with Crippen molar-refractivity contribution in [1.82, 2.24) is 14.6 Å². The van der Waals surface area contributed by atoms with Crippen molar-refractivity contribution < 1.29 is 0 Å². The molecule has 1 fully saturated rings. The summed E-state index contributed by atoms with van der Waals surface area (Å²) in [4.78, 5) is 4.47. The number of hydrogen-bond acceptors (Lipinski definition) is 3. The highest BCUT2D eigenvalue weighted by Crippen LogP contribution is 2.29. The van der Waals surface area contributed by atoms with Crippen LogP contribution >= 0.6 is 11.6 Å². The number of hydrogen-bond donors (Lipinski definition) is 1. The Bertz CT molecular complexity index is 607. The molecule has 114 valence electrons. The monoisotopic (exact) mass is 306 g/mol. The van der Waals surface area contributed by atoms with Gasteiger partial charge in [0, 0.05) is 24.3 Å². The van der Waals surface area contributed by atoms with E-state index in [0.717, 1.165) is 30.0 Å². The standard InChI is InChI=1S/C16H23ClN4/c1-11(2)14-9-15-16(18-7-8-21(15)20-14)19-10-12-5-3-4-6-13(12)17/h7-9,11-13H,3-6,10H2,1-2H3,(H,18,19). The molecule has 0 aromatic carbocycles. The summed E-state index contributed by atoms with van der Waals surface area (Å²) in [5.41, 5.74) is 2.14. The molecule has 2 heterocycles. The summed E-state index contributed by atoms with van der Waals surface area (Å²) in [5, 5.41) is 8.37. The fourth-order valence-corrected chi connectivity index (χ4v) is 3.35. The van der Waals surface area contributed by atoms with Gasteiger partial charge in [0.25, 0.3) is 0 Å². The van der Waals surface area contributed by atoms with E-state index in [9.17, 15) is 0 Å². The molecule has 2 aromatic heterocycles. The largest absolute Gasteiger partial charge is 0.368 e. The van der Waals surface area contributed by atoms with Gasteiger partial charge >= 0.3 is 0 Å². The van der Waals surface area contributed by atoms with Crippen molar-refractivity contribution in [3.05, 3.63) is 24.2 Å². The van der Waals surface area contributed by atoms with Gasteiger partial charge in [0.05, 0.1) is 5.69 Å². The second-order valence-electron chi connectivity index (χ2n) is 6.27. The lowest BCUT2D eigenvalue weighted by atomic mass is 9.89. The Labute approximate surface area is 130 Å². The lowest BCUT2D eigenvalue weighted by Crippen LogP contribution is -2.27. The third-order valence-corrected chi connectivity index (χ3v) is 4.92. The number of fused-ring (bicyclic) bond motifs is 1. The number of halogens is 1. The maximum atomic E-state index is 6.43. The van der Waals surface area contributed by atoms with Crippen LogP contribution in [0.1, 0.15) is 51.1 Å².